The molecule has 0 aromatic heterocycles. The second kappa shape index (κ2) is 8.96. The summed E-state index contributed by atoms with van der Waals surface area (Å²) in [5.41, 5.74) is 1.93. The molecule has 0 spiro atoms. The minimum Gasteiger partial charge on any atom is -0.383 e. The van der Waals surface area contributed by atoms with Crippen molar-refractivity contribution in [2.75, 3.05) is 38.9 Å². The Balaban J connectivity index is 3.13. The van der Waals surface area contributed by atoms with E-state index >= 15 is 0 Å². The van der Waals surface area contributed by atoms with Gasteiger partial charge in [-0.15, -0.1) is 0 Å². The molecule has 0 fully saturated rings. The van der Waals surface area contributed by atoms with Crippen LogP contribution in [0.2, 0.25) is 0 Å². The SMILES string of the molecule is COCCN(c1ccc([N+](=O)[O-])cc1CBr)C(C)COC. The van der Waals surface area contributed by atoms with E-state index < -0.39 is 0 Å². The smallest absolute Gasteiger partial charge is 0.269 e. The van der Waals surface area contributed by atoms with Gasteiger partial charge in [-0.1, -0.05) is 15.9 Å². The van der Waals surface area contributed by atoms with Crippen molar-refractivity contribution in [2.45, 2.75) is 18.3 Å². The molecule has 0 aliphatic heterocycles. The molecule has 6 nitrogen and oxygen atoms in total. The van der Waals surface area contributed by atoms with E-state index in [-0.39, 0.29) is 16.7 Å². The summed E-state index contributed by atoms with van der Waals surface area (Å²) >= 11 is 3.40. The molecule has 1 atom stereocenters. The molecule has 0 N–H and O–H groups in total. The van der Waals surface area contributed by atoms with Crippen LogP contribution in [0.5, 0.6) is 0 Å². The van der Waals surface area contributed by atoms with E-state index in [9.17, 15) is 10.1 Å². The number of non-ortho nitro benzene ring substituents is 1. The van der Waals surface area contributed by atoms with Crippen molar-refractivity contribution in [2.24, 2.45) is 0 Å². The Hall–Kier alpha value is -1.18. The molecule has 7 heteroatoms. The molecule has 118 valence electrons. The first-order valence-electron chi connectivity index (χ1n) is 6.63. The fourth-order valence-corrected chi connectivity index (χ4v) is 2.62. The van der Waals surface area contributed by atoms with Crippen LogP contribution in [0.4, 0.5) is 11.4 Å². The molecular weight excluding hydrogens is 340 g/mol. The quantitative estimate of drug-likeness (QED) is 0.384. The Labute approximate surface area is 133 Å². The van der Waals surface area contributed by atoms with Crippen LogP contribution in [-0.2, 0) is 14.8 Å². The minimum atomic E-state index is -0.381. The van der Waals surface area contributed by atoms with E-state index in [1.807, 2.05) is 0 Å². The highest BCUT2D eigenvalue weighted by atomic mass is 79.9. The summed E-state index contributed by atoms with van der Waals surface area (Å²) < 4.78 is 10.4. The molecule has 0 aliphatic carbocycles. The average Bonchev–Trinajstić information content (AvgIpc) is 2.47. The standard InChI is InChI=1S/C14H21BrN2O4/c1-11(10-21-3)16(6-7-20-2)14-5-4-13(17(18)19)8-12(14)9-15/h4-5,8,11H,6-7,9-10H2,1-3H3. The largest absolute Gasteiger partial charge is 0.383 e. The van der Waals surface area contributed by atoms with Gasteiger partial charge in [-0.05, 0) is 18.6 Å². The maximum absolute atomic E-state index is 10.9. The van der Waals surface area contributed by atoms with Crippen LogP contribution in [0.15, 0.2) is 18.2 Å². The lowest BCUT2D eigenvalue weighted by molar-refractivity contribution is -0.384. The summed E-state index contributed by atoms with van der Waals surface area (Å²) in [6, 6.07) is 5.06. The van der Waals surface area contributed by atoms with Crippen molar-refractivity contribution < 1.29 is 14.4 Å². The molecular formula is C14H21BrN2O4. The van der Waals surface area contributed by atoms with Gasteiger partial charge in [-0.25, -0.2) is 0 Å². The molecule has 21 heavy (non-hydrogen) atoms. The van der Waals surface area contributed by atoms with Crippen LogP contribution >= 0.6 is 15.9 Å². The van der Waals surface area contributed by atoms with Gasteiger partial charge < -0.3 is 14.4 Å². The number of ether oxygens (including phenoxy) is 2. The van der Waals surface area contributed by atoms with Gasteiger partial charge in [0.25, 0.3) is 5.69 Å². The predicted molar refractivity (Wildman–Crippen MR) is 86.3 cm³/mol. The normalized spacial score (nSPS) is 12.2. The molecule has 1 rings (SSSR count). The number of methoxy groups -OCH3 is 2. The number of rotatable bonds is 9. The zero-order chi connectivity index (χ0) is 15.8. The first kappa shape index (κ1) is 17.9. The third-order valence-corrected chi connectivity index (χ3v) is 3.81. The molecule has 0 amide bonds. The van der Waals surface area contributed by atoms with Gasteiger partial charge in [0.05, 0.1) is 18.1 Å². The number of halogens is 1. The Morgan fingerprint density at radius 2 is 2.10 bits per heavy atom. The van der Waals surface area contributed by atoms with Crippen LogP contribution in [0.1, 0.15) is 12.5 Å². The van der Waals surface area contributed by atoms with Crippen molar-refractivity contribution in [3.8, 4) is 0 Å². The number of nitro benzene ring substituents is 1. The monoisotopic (exact) mass is 360 g/mol. The summed E-state index contributed by atoms with van der Waals surface area (Å²) in [5, 5.41) is 11.4. The van der Waals surface area contributed by atoms with E-state index in [4.69, 9.17) is 9.47 Å². The Morgan fingerprint density at radius 3 is 2.62 bits per heavy atom. The molecule has 0 saturated heterocycles. The van der Waals surface area contributed by atoms with E-state index in [2.05, 4.69) is 27.8 Å². The predicted octanol–water partition coefficient (Wildman–Crippen LogP) is 2.98. The van der Waals surface area contributed by atoms with Gasteiger partial charge in [0.2, 0.25) is 0 Å². The zero-order valence-corrected chi connectivity index (χ0v) is 14.1. The Kier molecular flexibility index (Phi) is 7.63. The summed E-state index contributed by atoms with van der Waals surface area (Å²) in [6.07, 6.45) is 0. The number of alkyl halides is 1. The topological polar surface area (TPSA) is 64.8 Å². The summed E-state index contributed by atoms with van der Waals surface area (Å²) in [6.45, 7) is 3.90. The lowest BCUT2D eigenvalue weighted by Crippen LogP contribution is -2.39. The van der Waals surface area contributed by atoms with Crippen LogP contribution in [0, 0.1) is 10.1 Å². The van der Waals surface area contributed by atoms with Crippen molar-refractivity contribution >= 4 is 27.3 Å². The number of hydrogen-bond acceptors (Lipinski definition) is 5. The van der Waals surface area contributed by atoms with Crippen molar-refractivity contribution in [1.82, 2.24) is 0 Å². The second-order valence-electron chi connectivity index (χ2n) is 4.69. The maximum Gasteiger partial charge on any atom is 0.269 e. The molecule has 0 bridgehead atoms. The fraction of sp³-hybridized carbons (Fsp3) is 0.571. The number of hydrogen-bond donors (Lipinski definition) is 0. The number of anilines is 1. The molecule has 1 aromatic carbocycles. The van der Waals surface area contributed by atoms with Crippen LogP contribution in [-0.4, -0.2) is 44.9 Å². The Bertz CT molecular complexity index is 470. The molecule has 0 saturated carbocycles. The van der Waals surface area contributed by atoms with Crippen molar-refractivity contribution in [3.05, 3.63) is 33.9 Å². The lowest BCUT2D eigenvalue weighted by Gasteiger charge is -2.32. The van der Waals surface area contributed by atoms with Crippen LogP contribution in [0.25, 0.3) is 0 Å². The van der Waals surface area contributed by atoms with Gasteiger partial charge in [0, 0.05) is 50.0 Å². The first-order chi connectivity index (χ1) is 10.0. The van der Waals surface area contributed by atoms with Gasteiger partial charge in [0.15, 0.2) is 0 Å². The highest BCUT2D eigenvalue weighted by Gasteiger charge is 2.19. The van der Waals surface area contributed by atoms with Gasteiger partial charge in [-0.3, -0.25) is 10.1 Å². The van der Waals surface area contributed by atoms with Crippen molar-refractivity contribution in [1.29, 1.82) is 0 Å². The van der Waals surface area contributed by atoms with Crippen LogP contribution in [0.3, 0.4) is 0 Å². The molecule has 1 unspecified atom stereocenters. The summed E-state index contributed by atoms with van der Waals surface area (Å²) in [4.78, 5) is 12.7. The number of benzene rings is 1. The van der Waals surface area contributed by atoms with Crippen LogP contribution < -0.4 is 4.90 Å². The van der Waals surface area contributed by atoms with E-state index in [1.165, 1.54) is 6.07 Å². The van der Waals surface area contributed by atoms with Crippen molar-refractivity contribution in [3.63, 3.8) is 0 Å². The second-order valence-corrected chi connectivity index (χ2v) is 5.26. The number of nitro groups is 1. The highest BCUT2D eigenvalue weighted by molar-refractivity contribution is 9.08. The summed E-state index contributed by atoms with van der Waals surface area (Å²) in [5.74, 6) is 0. The third kappa shape index (κ3) is 4.94. The van der Waals surface area contributed by atoms with E-state index in [0.717, 1.165) is 11.3 Å². The summed E-state index contributed by atoms with van der Waals surface area (Å²) in [7, 11) is 3.31. The molecule has 0 aliphatic rings. The zero-order valence-electron chi connectivity index (χ0n) is 12.5. The van der Waals surface area contributed by atoms with Gasteiger partial charge >= 0.3 is 0 Å². The minimum absolute atomic E-state index is 0.0966. The van der Waals surface area contributed by atoms with Gasteiger partial charge in [0.1, 0.15) is 0 Å². The van der Waals surface area contributed by atoms with Gasteiger partial charge in [-0.2, -0.15) is 0 Å². The van der Waals surface area contributed by atoms with E-state index in [1.54, 1.807) is 26.4 Å². The molecule has 0 radical (unpaired) electrons. The van der Waals surface area contributed by atoms with E-state index in [0.29, 0.717) is 25.1 Å². The fourth-order valence-electron chi connectivity index (χ4n) is 2.17. The average molecular weight is 361 g/mol. The molecule has 1 aromatic rings. The third-order valence-electron chi connectivity index (χ3n) is 3.20. The first-order valence-corrected chi connectivity index (χ1v) is 7.75. The maximum atomic E-state index is 10.9. The molecule has 0 heterocycles. The highest BCUT2D eigenvalue weighted by Crippen LogP contribution is 2.28. The lowest BCUT2D eigenvalue weighted by atomic mass is 10.1. The number of nitrogens with zero attached hydrogens (tertiary/aromatic N) is 2. The Morgan fingerprint density at radius 1 is 1.38 bits per heavy atom.